The molecule has 3 rings (SSSR count). The first kappa shape index (κ1) is 15.1. The van der Waals surface area contributed by atoms with Crippen LogP contribution in [0.5, 0.6) is 0 Å². The van der Waals surface area contributed by atoms with E-state index in [1.807, 2.05) is 18.2 Å². The Bertz CT molecular complexity index is 893. The number of pyridine rings is 1. The number of carbonyl (C=O) groups excluding carboxylic acids is 1. The summed E-state index contributed by atoms with van der Waals surface area (Å²) in [4.78, 5) is 16.8. The molecule has 5 heteroatoms. The van der Waals surface area contributed by atoms with Gasteiger partial charge in [0.05, 0.1) is 11.1 Å². The van der Waals surface area contributed by atoms with Crippen molar-refractivity contribution in [3.63, 3.8) is 0 Å². The van der Waals surface area contributed by atoms with E-state index in [1.165, 1.54) is 0 Å². The van der Waals surface area contributed by atoms with Gasteiger partial charge in [-0.3, -0.25) is 9.78 Å². The summed E-state index contributed by atoms with van der Waals surface area (Å²) < 4.78 is 26.8. The van der Waals surface area contributed by atoms with Gasteiger partial charge in [-0.2, -0.15) is 0 Å². The molecular weight excluding hydrogens is 298 g/mol. The van der Waals surface area contributed by atoms with Gasteiger partial charge in [-0.25, -0.2) is 8.78 Å². The zero-order valence-electron chi connectivity index (χ0n) is 12.4. The van der Waals surface area contributed by atoms with Crippen LogP contribution in [0.2, 0.25) is 0 Å². The standard InChI is InChI=1S/C18H14F2N2O/c1-11-8-15(14-4-2-3-5-17(14)22-11)18(23)21-10-12-9-13(19)6-7-16(12)20/h2-9H,10H2,1H3,(H,21,23). The van der Waals surface area contributed by atoms with Crippen LogP contribution in [-0.2, 0) is 6.54 Å². The molecule has 0 aliphatic carbocycles. The number of aryl methyl sites for hydroxylation is 1. The first-order valence-electron chi connectivity index (χ1n) is 7.13. The van der Waals surface area contributed by atoms with Gasteiger partial charge in [0, 0.05) is 23.2 Å². The zero-order chi connectivity index (χ0) is 16.4. The Hall–Kier alpha value is -2.82. The van der Waals surface area contributed by atoms with Gasteiger partial charge in [-0.15, -0.1) is 0 Å². The summed E-state index contributed by atoms with van der Waals surface area (Å²) in [6.07, 6.45) is 0. The van der Waals surface area contributed by atoms with E-state index in [2.05, 4.69) is 10.3 Å². The molecule has 0 aliphatic rings. The molecule has 1 N–H and O–H groups in total. The van der Waals surface area contributed by atoms with E-state index >= 15 is 0 Å². The highest BCUT2D eigenvalue weighted by molar-refractivity contribution is 6.06. The first-order chi connectivity index (χ1) is 11.0. The molecule has 0 spiro atoms. The number of rotatable bonds is 3. The number of hydrogen-bond donors (Lipinski definition) is 1. The van der Waals surface area contributed by atoms with E-state index < -0.39 is 11.6 Å². The molecule has 3 aromatic rings. The average molecular weight is 312 g/mol. The lowest BCUT2D eigenvalue weighted by Crippen LogP contribution is -2.24. The van der Waals surface area contributed by atoms with Crippen LogP contribution < -0.4 is 5.32 Å². The molecule has 1 aromatic heterocycles. The van der Waals surface area contributed by atoms with Gasteiger partial charge in [0.2, 0.25) is 0 Å². The largest absolute Gasteiger partial charge is 0.348 e. The van der Waals surface area contributed by atoms with Gasteiger partial charge in [0.1, 0.15) is 11.6 Å². The lowest BCUT2D eigenvalue weighted by molar-refractivity contribution is 0.0952. The second kappa shape index (κ2) is 6.12. The Morgan fingerprint density at radius 1 is 1.13 bits per heavy atom. The van der Waals surface area contributed by atoms with Crippen LogP contribution in [0.4, 0.5) is 8.78 Å². The number of hydrogen-bond acceptors (Lipinski definition) is 2. The van der Waals surface area contributed by atoms with Crippen molar-refractivity contribution in [2.24, 2.45) is 0 Å². The summed E-state index contributed by atoms with van der Waals surface area (Å²) >= 11 is 0. The minimum absolute atomic E-state index is 0.0852. The van der Waals surface area contributed by atoms with Crippen LogP contribution in [0.3, 0.4) is 0 Å². The van der Waals surface area contributed by atoms with Gasteiger partial charge in [-0.1, -0.05) is 18.2 Å². The van der Waals surface area contributed by atoms with Gasteiger partial charge >= 0.3 is 0 Å². The monoisotopic (exact) mass is 312 g/mol. The number of fused-ring (bicyclic) bond motifs is 1. The molecule has 0 fully saturated rings. The maximum atomic E-state index is 13.6. The third-order valence-corrected chi connectivity index (χ3v) is 3.54. The Labute approximate surface area is 132 Å². The smallest absolute Gasteiger partial charge is 0.252 e. The summed E-state index contributed by atoms with van der Waals surface area (Å²) in [5, 5.41) is 3.35. The molecular formula is C18H14F2N2O. The SMILES string of the molecule is Cc1cc(C(=O)NCc2cc(F)ccc2F)c2ccccc2n1. The number of carbonyl (C=O) groups is 1. The molecule has 0 radical (unpaired) electrons. The van der Waals surface area contributed by atoms with Gasteiger partial charge in [0.15, 0.2) is 0 Å². The fraction of sp³-hybridized carbons (Fsp3) is 0.111. The lowest BCUT2D eigenvalue weighted by atomic mass is 10.1. The first-order valence-corrected chi connectivity index (χ1v) is 7.13. The minimum atomic E-state index is -0.553. The Kier molecular flexibility index (Phi) is 4.02. The van der Waals surface area contributed by atoms with Crippen LogP contribution in [0.1, 0.15) is 21.6 Å². The van der Waals surface area contributed by atoms with E-state index in [0.29, 0.717) is 11.3 Å². The Balaban J connectivity index is 1.88. The Morgan fingerprint density at radius 2 is 1.91 bits per heavy atom. The van der Waals surface area contributed by atoms with Gasteiger partial charge in [0.25, 0.3) is 5.91 Å². The van der Waals surface area contributed by atoms with Crippen LogP contribution >= 0.6 is 0 Å². The highest BCUT2D eigenvalue weighted by atomic mass is 19.1. The molecule has 23 heavy (non-hydrogen) atoms. The molecule has 0 bridgehead atoms. The number of nitrogens with zero attached hydrogens (tertiary/aromatic N) is 1. The molecule has 2 aromatic carbocycles. The number of nitrogens with one attached hydrogen (secondary N) is 1. The summed E-state index contributed by atoms with van der Waals surface area (Å²) in [5.41, 5.74) is 2.00. The average Bonchev–Trinajstić information content (AvgIpc) is 2.54. The normalized spacial score (nSPS) is 10.7. The number of aromatic nitrogens is 1. The van der Waals surface area contributed by atoms with Crippen molar-refractivity contribution in [3.8, 4) is 0 Å². The zero-order valence-corrected chi connectivity index (χ0v) is 12.4. The molecule has 0 saturated carbocycles. The van der Waals surface area contributed by atoms with Crippen molar-refractivity contribution in [1.82, 2.24) is 10.3 Å². The van der Waals surface area contributed by atoms with Crippen molar-refractivity contribution in [2.45, 2.75) is 13.5 Å². The van der Waals surface area contributed by atoms with Crippen molar-refractivity contribution >= 4 is 16.8 Å². The van der Waals surface area contributed by atoms with Crippen LogP contribution in [0, 0.1) is 18.6 Å². The predicted molar refractivity (Wildman–Crippen MR) is 84.0 cm³/mol. The van der Waals surface area contributed by atoms with E-state index in [9.17, 15) is 13.6 Å². The molecule has 0 saturated heterocycles. The van der Waals surface area contributed by atoms with E-state index in [1.54, 1.807) is 19.1 Å². The maximum absolute atomic E-state index is 13.6. The summed E-state index contributed by atoms with van der Waals surface area (Å²) in [6, 6.07) is 12.1. The van der Waals surface area contributed by atoms with Crippen LogP contribution in [-0.4, -0.2) is 10.9 Å². The van der Waals surface area contributed by atoms with Gasteiger partial charge < -0.3 is 5.32 Å². The summed E-state index contributed by atoms with van der Waals surface area (Å²) in [7, 11) is 0. The quantitative estimate of drug-likeness (QED) is 0.800. The third kappa shape index (κ3) is 3.18. The van der Waals surface area contributed by atoms with E-state index in [4.69, 9.17) is 0 Å². The predicted octanol–water partition coefficient (Wildman–Crippen LogP) is 3.75. The fourth-order valence-electron chi connectivity index (χ4n) is 2.45. The molecule has 3 nitrogen and oxygen atoms in total. The second-order valence-electron chi connectivity index (χ2n) is 5.25. The van der Waals surface area contributed by atoms with Crippen molar-refractivity contribution in [1.29, 1.82) is 0 Å². The summed E-state index contributed by atoms with van der Waals surface area (Å²) in [6.45, 7) is 1.72. The number of halogens is 2. The summed E-state index contributed by atoms with van der Waals surface area (Å²) in [5.74, 6) is -1.45. The number of para-hydroxylation sites is 1. The van der Waals surface area contributed by atoms with E-state index in [-0.39, 0.29) is 18.0 Å². The highest BCUT2D eigenvalue weighted by Gasteiger charge is 2.12. The molecule has 1 amide bonds. The van der Waals surface area contributed by atoms with Gasteiger partial charge in [-0.05, 0) is 37.3 Å². The van der Waals surface area contributed by atoms with Crippen LogP contribution in [0.15, 0.2) is 48.5 Å². The molecule has 0 aliphatic heterocycles. The van der Waals surface area contributed by atoms with Crippen molar-refractivity contribution < 1.29 is 13.6 Å². The number of amides is 1. The molecule has 0 atom stereocenters. The third-order valence-electron chi connectivity index (χ3n) is 3.54. The highest BCUT2D eigenvalue weighted by Crippen LogP contribution is 2.18. The maximum Gasteiger partial charge on any atom is 0.252 e. The van der Waals surface area contributed by atoms with E-state index in [0.717, 1.165) is 29.1 Å². The topological polar surface area (TPSA) is 42.0 Å². The molecule has 116 valence electrons. The second-order valence-corrected chi connectivity index (χ2v) is 5.25. The lowest BCUT2D eigenvalue weighted by Gasteiger charge is -2.09. The molecule has 0 unspecified atom stereocenters. The van der Waals surface area contributed by atoms with Crippen molar-refractivity contribution in [3.05, 3.63) is 77.0 Å². The fourth-order valence-corrected chi connectivity index (χ4v) is 2.45. The minimum Gasteiger partial charge on any atom is -0.348 e. The van der Waals surface area contributed by atoms with Crippen LogP contribution in [0.25, 0.3) is 10.9 Å². The Morgan fingerprint density at radius 3 is 2.74 bits per heavy atom. The molecule has 1 heterocycles. The van der Waals surface area contributed by atoms with Crippen molar-refractivity contribution in [2.75, 3.05) is 0 Å². The number of benzene rings is 2.